The molecule has 0 aliphatic heterocycles. The molecule has 0 bridgehead atoms. The first kappa shape index (κ1) is 12.1. The molecule has 1 fully saturated rings. The van der Waals surface area contributed by atoms with E-state index in [0.717, 1.165) is 18.4 Å². The second-order valence-corrected chi connectivity index (χ2v) is 4.37. The van der Waals surface area contributed by atoms with Gasteiger partial charge in [0.25, 0.3) is 0 Å². The van der Waals surface area contributed by atoms with Crippen molar-refractivity contribution < 1.29 is 9.90 Å². The molecule has 1 amide bonds. The van der Waals surface area contributed by atoms with Crippen LogP contribution in [-0.2, 0) is 4.79 Å². The summed E-state index contributed by atoms with van der Waals surface area (Å²) in [5.74, 6) is -0.0900. The Balaban J connectivity index is 2.07. The lowest BCUT2D eigenvalue weighted by molar-refractivity contribution is -0.133. The van der Waals surface area contributed by atoms with Gasteiger partial charge in [0.15, 0.2) is 0 Å². The summed E-state index contributed by atoms with van der Waals surface area (Å²) in [6.07, 6.45) is 2.04. The van der Waals surface area contributed by atoms with Crippen molar-refractivity contribution in [2.24, 2.45) is 5.73 Å². The molecule has 0 unspecified atom stereocenters. The second-order valence-electron chi connectivity index (χ2n) is 4.37. The van der Waals surface area contributed by atoms with Gasteiger partial charge in [0.05, 0.1) is 6.61 Å². The van der Waals surface area contributed by atoms with Crippen molar-refractivity contribution in [1.29, 1.82) is 0 Å². The molecule has 0 aromatic heterocycles. The molecule has 1 aromatic carbocycles. The smallest absolute Gasteiger partial charge is 0.244 e. The molecular formula is C13H18N2O2. The lowest BCUT2D eigenvalue weighted by atomic mass is 10.1. The average molecular weight is 234 g/mol. The molecule has 3 N–H and O–H groups in total. The number of carbonyl (C=O) groups excluding carboxylic acids is 1. The summed E-state index contributed by atoms with van der Waals surface area (Å²) in [4.78, 5) is 13.9. The van der Waals surface area contributed by atoms with Crippen molar-refractivity contribution in [3.8, 4) is 0 Å². The van der Waals surface area contributed by atoms with Crippen LogP contribution in [0.2, 0.25) is 0 Å². The number of benzene rings is 1. The second kappa shape index (κ2) is 5.29. The fourth-order valence-corrected chi connectivity index (χ4v) is 1.95. The van der Waals surface area contributed by atoms with Crippen molar-refractivity contribution in [3.63, 3.8) is 0 Å². The number of aliphatic hydroxyl groups is 1. The molecule has 1 aliphatic rings. The third-order valence-electron chi connectivity index (χ3n) is 3.04. The number of aliphatic hydroxyl groups excluding tert-OH is 1. The van der Waals surface area contributed by atoms with Crippen molar-refractivity contribution in [1.82, 2.24) is 4.90 Å². The van der Waals surface area contributed by atoms with Gasteiger partial charge in [-0.25, -0.2) is 0 Å². The van der Waals surface area contributed by atoms with Crippen LogP contribution in [0.1, 0.15) is 24.4 Å². The van der Waals surface area contributed by atoms with Gasteiger partial charge in [-0.15, -0.1) is 0 Å². The van der Waals surface area contributed by atoms with Gasteiger partial charge in [-0.1, -0.05) is 30.3 Å². The quantitative estimate of drug-likeness (QED) is 0.787. The summed E-state index contributed by atoms with van der Waals surface area (Å²) in [7, 11) is 0. The topological polar surface area (TPSA) is 66.6 Å². The lowest BCUT2D eigenvalue weighted by Gasteiger charge is -2.25. The highest BCUT2D eigenvalue weighted by Crippen LogP contribution is 2.28. The van der Waals surface area contributed by atoms with Crippen LogP contribution in [0, 0.1) is 0 Å². The van der Waals surface area contributed by atoms with Crippen LogP contribution >= 0.6 is 0 Å². The summed E-state index contributed by atoms with van der Waals surface area (Å²) < 4.78 is 0. The number of hydrogen-bond donors (Lipinski definition) is 2. The summed E-state index contributed by atoms with van der Waals surface area (Å²) in [5, 5.41) is 8.98. The molecule has 2 rings (SSSR count). The Kier molecular flexibility index (Phi) is 3.76. The van der Waals surface area contributed by atoms with E-state index in [1.54, 1.807) is 4.90 Å². The number of rotatable bonds is 5. The van der Waals surface area contributed by atoms with E-state index in [2.05, 4.69) is 0 Å². The SMILES string of the molecule is N[C@@H](C(=O)N(CCO)C1CC1)c1ccccc1. The average Bonchev–Trinajstić information content (AvgIpc) is 3.19. The Hall–Kier alpha value is -1.39. The van der Waals surface area contributed by atoms with Crippen molar-refractivity contribution in [2.75, 3.05) is 13.2 Å². The monoisotopic (exact) mass is 234 g/mol. The standard InChI is InChI=1S/C13H18N2O2/c14-12(10-4-2-1-3-5-10)13(17)15(8-9-16)11-6-7-11/h1-5,11-12,16H,6-9,14H2/t12-/m1/s1. The zero-order chi connectivity index (χ0) is 12.3. The van der Waals surface area contributed by atoms with E-state index < -0.39 is 6.04 Å². The molecule has 17 heavy (non-hydrogen) atoms. The predicted octanol–water partition coefficient (Wildman–Crippen LogP) is 0.670. The van der Waals surface area contributed by atoms with E-state index >= 15 is 0 Å². The zero-order valence-electron chi connectivity index (χ0n) is 9.75. The van der Waals surface area contributed by atoms with Crippen LogP contribution in [-0.4, -0.2) is 35.1 Å². The molecule has 0 heterocycles. The van der Waals surface area contributed by atoms with E-state index in [1.807, 2.05) is 30.3 Å². The highest BCUT2D eigenvalue weighted by molar-refractivity contribution is 5.83. The third-order valence-corrected chi connectivity index (χ3v) is 3.04. The largest absolute Gasteiger partial charge is 0.395 e. The van der Waals surface area contributed by atoms with Gasteiger partial charge in [-0.05, 0) is 18.4 Å². The highest BCUT2D eigenvalue weighted by atomic mass is 16.3. The van der Waals surface area contributed by atoms with Crippen molar-refractivity contribution in [2.45, 2.75) is 24.9 Å². The Bertz CT molecular complexity index is 376. The fraction of sp³-hybridized carbons (Fsp3) is 0.462. The zero-order valence-corrected chi connectivity index (χ0v) is 9.75. The lowest BCUT2D eigenvalue weighted by Crippen LogP contribution is -2.41. The highest BCUT2D eigenvalue weighted by Gasteiger charge is 2.34. The van der Waals surface area contributed by atoms with Crippen LogP contribution in [0.25, 0.3) is 0 Å². The molecule has 4 heteroatoms. The number of nitrogens with zero attached hydrogens (tertiary/aromatic N) is 1. The van der Waals surface area contributed by atoms with Gasteiger partial charge < -0.3 is 15.7 Å². The summed E-state index contributed by atoms with van der Waals surface area (Å²) in [6, 6.07) is 9.01. The Morgan fingerprint density at radius 2 is 2.06 bits per heavy atom. The minimum absolute atomic E-state index is 0.0102. The molecule has 0 radical (unpaired) electrons. The maximum atomic E-state index is 12.2. The van der Waals surface area contributed by atoms with Crippen LogP contribution in [0.5, 0.6) is 0 Å². The number of hydrogen-bond acceptors (Lipinski definition) is 3. The molecule has 0 saturated heterocycles. The fourth-order valence-electron chi connectivity index (χ4n) is 1.95. The molecule has 1 aromatic rings. The van der Waals surface area contributed by atoms with Crippen molar-refractivity contribution in [3.05, 3.63) is 35.9 Å². The summed E-state index contributed by atoms with van der Waals surface area (Å²) in [6.45, 7) is 0.369. The van der Waals surface area contributed by atoms with Gasteiger partial charge in [0, 0.05) is 12.6 Å². The number of amides is 1. The van der Waals surface area contributed by atoms with E-state index in [1.165, 1.54) is 0 Å². The normalized spacial score (nSPS) is 16.6. The maximum absolute atomic E-state index is 12.2. The van der Waals surface area contributed by atoms with Gasteiger partial charge in [-0.2, -0.15) is 0 Å². The number of nitrogens with two attached hydrogens (primary N) is 1. The van der Waals surface area contributed by atoms with Crippen molar-refractivity contribution >= 4 is 5.91 Å². The Morgan fingerprint density at radius 1 is 1.41 bits per heavy atom. The van der Waals surface area contributed by atoms with Crippen LogP contribution < -0.4 is 5.73 Å². The third kappa shape index (κ3) is 2.84. The van der Waals surface area contributed by atoms with E-state index in [9.17, 15) is 4.79 Å². The molecule has 1 saturated carbocycles. The van der Waals surface area contributed by atoms with Gasteiger partial charge >= 0.3 is 0 Å². The molecule has 4 nitrogen and oxygen atoms in total. The molecule has 1 aliphatic carbocycles. The van der Waals surface area contributed by atoms with Crippen LogP contribution in [0.4, 0.5) is 0 Å². The summed E-state index contributed by atoms with van der Waals surface area (Å²) >= 11 is 0. The Morgan fingerprint density at radius 3 is 2.59 bits per heavy atom. The molecule has 0 spiro atoms. The van der Waals surface area contributed by atoms with Gasteiger partial charge in [-0.3, -0.25) is 4.79 Å². The summed E-state index contributed by atoms with van der Waals surface area (Å²) in [5.41, 5.74) is 6.78. The molecular weight excluding hydrogens is 216 g/mol. The molecule has 1 atom stereocenters. The predicted molar refractivity (Wildman–Crippen MR) is 65.2 cm³/mol. The molecule has 92 valence electrons. The van der Waals surface area contributed by atoms with Crippen LogP contribution in [0.3, 0.4) is 0 Å². The van der Waals surface area contributed by atoms with E-state index in [4.69, 9.17) is 10.8 Å². The van der Waals surface area contributed by atoms with E-state index in [0.29, 0.717) is 6.54 Å². The first-order valence-electron chi connectivity index (χ1n) is 5.96. The first-order valence-corrected chi connectivity index (χ1v) is 5.96. The number of carbonyl (C=O) groups is 1. The van der Waals surface area contributed by atoms with E-state index in [-0.39, 0.29) is 18.6 Å². The Labute approximate surface area is 101 Å². The first-order chi connectivity index (χ1) is 8.24. The minimum Gasteiger partial charge on any atom is -0.395 e. The van der Waals surface area contributed by atoms with Gasteiger partial charge in [0.2, 0.25) is 5.91 Å². The minimum atomic E-state index is -0.622. The van der Waals surface area contributed by atoms with Gasteiger partial charge in [0.1, 0.15) is 6.04 Å². The van der Waals surface area contributed by atoms with Crippen LogP contribution in [0.15, 0.2) is 30.3 Å². The maximum Gasteiger partial charge on any atom is 0.244 e.